The maximum atomic E-state index is 10.1. The zero-order valence-electron chi connectivity index (χ0n) is 12.2. The summed E-state index contributed by atoms with van der Waals surface area (Å²) < 4.78 is 11.1. The Labute approximate surface area is 130 Å². The zero-order chi connectivity index (χ0) is 15.2. The molecule has 1 heterocycles. The van der Waals surface area contributed by atoms with Gasteiger partial charge in [-0.05, 0) is 19.1 Å². The summed E-state index contributed by atoms with van der Waals surface area (Å²) in [6, 6.07) is 7.33. The minimum atomic E-state index is -0.560. The number of morpholine rings is 1. The van der Waals surface area contributed by atoms with Gasteiger partial charge in [-0.25, -0.2) is 0 Å². The van der Waals surface area contributed by atoms with E-state index in [-0.39, 0.29) is 12.7 Å². The largest absolute Gasteiger partial charge is 0.490 e. The molecule has 0 saturated carbocycles. The molecule has 21 heavy (non-hydrogen) atoms. The minimum absolute atomic E-state index is 0.210. The number of nitrogens with zero attached hydrogens (tertiary/aromatic N) is 1. The van der Waals surface area contributed by atoms with Crippen LogP contribution >= 0.6 is 12.2 Å². The Morgan fingerprint density at radius 3 is 3.05 bits per heavy atom. The van der Waals surface area contributed by atoms with Crippen LogP contribution in [-0.2, 0) is 4.74 Å². The fourth-order valence-corrected chi connectivity index (χ4v) is 2.56. The molecule has 2 rings (SSSR count). The van der Waals surface area contributed by atoms with Crippen molar-refractivity contribution in [2.24, 2.45) is 5.73 Å². The van der Waals surface area contributed by atoms with Gasteiger partial charge in [-0.3, -0.25) is 4.90 Å². The van der Waals surface area contributed by atoms with E-state index in [0.717, 1.165) is 13.1 Å². The van der Waals surface area contributed by atoms with Gasteiger partial charge in [0.1, 0.15) is 23.4 Å². The molecule has 6 heteroatoms. The van der Waals surface area contributed by atoms with Gasteiger partial charge in [0.2, 0.25) is 0 Å². The number of benzene rings is 1. The van der Waals surface area contributed by atoms with Gasteiger partial charge in [0.15, 0.2) is 0 Å². The lowest BCUT2D eigenvalue weighted by Crippen LogP contribution is -2.45. The highest BCUT2D eigenvalue weighted by Crippen LogP contribution is 2.18. The summed E-state index contributed by atoms with van der Waals surface area (Å²) >= 11 is 4.99. The highest BCUT2D eigenvalue weighted by molar-refractivity contribution is 7.80. The lowest BCUT2D eigenvalue weighted by molar-refractivity contribution is -0.0361. The fourth-order valence-electron chi connectivity index (χ4n) is 2.39. The first-order valence-electron chi connectivity index (χ1n) is 7.10. The number of hydrogen-bond acceptors (Lipinski definition) is 5. The molecule has 1 fully saturated rings. The molecule has 116 valence electrons. The van der Waals surface area contributed by atoms with E-state index < -0.39 is 6.10 Å². The summed E-state index contributed by atoms with van der Waals surface area (Å²) in [5.41, 5.74) is 6.35. The first-order valence-corrected chi connectivity index (χ1v) is 7.50. The number of para-hydroxylation sites is 1. The summed E-state index contributed by atoms with van der Waals surface area (Å²) in [5, 5.41) is 10.1. The lowest BCUT2D eigenvalue weighted by Gasteiger charge is -2.32. The number of thiocarbonyl (C=S) groups is 1. The molecule has 2 atom stereocenters. The van der Waals surface area contributed by atoms with Crippen molar-refractivity contribution in [3.05, 3.63) is 29.8 Å². The first-order chi connectivity index (χ1) is 10.1. The van der Waals surface area contributed by atoms with Crippen LogP contribution in [0.1, 0.15) is 12.5 Å². The monoisotopic (exact) mass is 310 g/mol. The van der Waals surface area contributed by atoms with Crippen LogP contribution < -0.4 is 10.5 Å². The normalized spacial score (nSPS) is 21.0. The summed E-state index contributed by atoms with van der Waals surface area (Å²) in [7, 11) is 0. The summed E-state index contributed by atoms with van der Waals surface area (Å²) in [6.07, 6.45) is -0.350. The Kier molecular flexibility index (Phi) is 5.93. The third-order valence-corrected chi connectivity index (χ3v) is 3.60. The molecule has 5 nitrogen and oxygen atoms in total. The lowest BCUT2D eigenvalue weighted by atomic mass is 10.2. The van der Waals surface area contributed by atoms with Crippen molar-refractivity contribution in [1.29, 1.82) is 0 Å². The number of rotatable bonds is 6. The molecule has 1 aromatic carbocycles. The van der Waals surface area contributed by atoms with Crippen LogP contribution in [0.15, 0.2) is 24.3 Å². The van der Waals surface area contributed by atoms with Crippen molar-refractivity contribution in [2.75, 3.05) is 32.8 Å². The summed E-state index contributed by atoms with van der Waals surface area (Å²) in [6.45, 7) is 5.20. The fraction of sp³-hybridized carbons (Fsp3) is 0.533. The second-order valence-electron chi connectivity index (χ2n) is 5.27. The Balaban J connectivity index is 1.84. The van der Waals surface area contributed by atoms with Crippen LogP contribution in [0.3, 0.4) is 0 Å². The van der Waals surface area contributed by atoms with Gasteiger partial charge in [0.05, 0.1) is 18.3 Å². The molecular formula is C15H22N2O3S. The quantitative estimate of drug-likeness (QED) is 0.757. The molecule has 1 aromatic rings. The van der Waals surface area contributed by atoms with E-state index >= 15 is 0 Å². The molecule has 1 aliphatic heterocycles. The van der Waals surface area contributed by atoms with Crippen LogP contribution in [0.5, 0.6) is 5.75 Å². The number of ether oxygens (including phenoxy) is 2. The van der Waals surface area contributed by atoms with Crippen LogP contribution in [0, 0.1) is 0 Å². The van der Waals surface area contributed by atoms with Crippen molar-refractivity contribution < 1.29 is 14.6 Å². The molecule has 0 bridgehead atoms. The molecule has 0 aliphatic carbocycles. The van der Waals surface area contributed by atoms with Crippen LogP contribution in [0.25, 0.3) is 0 Å². The molecule has 2 unspecified atom stereocenters. The average Bonchev–Trinajstić information content (AvgIpc) is 2.45. The second-order valence-corrected chi connectivity index (χ2v) is 5.71. The Hall–Kier alpha value is -1.21. The smallest absolute Gasteiger partial charge is 0.129 e. The Morgan fingerprint density at radius 1 is 1.57 bits per heavy atom. The Morgan fingerprint density at radius 2 is 2.33 bits per heavy atom. The third kappa shape index (κ3) is 4.93. The van der Waals surface area contributed by atoms with Crippen LogP contribution in [0.2, 0.25) is 0 Å². The predicted molar refractivity (Wildman–Crippen MR) is 85.7 cm³/mol. The van der Waals surface area contributed by atoms with E-state index in [4.69, 9.17) is 27.4 Å². The topological polar surface area (TPSA) is 68.0 Å². The molecule has 1 aliphatic rings. The van der Waals surface area contributed by atoms with E-state index in [2.05, 4.69) is 4.90 Å². The molecule has 0 aromatic heterocycles. The number of aliphatic hydroxyl groups is 1. The van der Waals surface area contributed by atoms with Gasteiger partial charge in [-0.1, -0.05) is 24.4 Å². The molecule has 0 amide bonds. The van der Waals surface area contributed by atoms with Gasteiger partial charge in [0.25, 0.3) is 0 Å². The van der Waals surface area contributed by atoms with Gasteiger partial charge in [-0.15, -0.1) is 0 Å². The highest BCUT2D eigenvalue weighted by atomic mass is 32.1. The number of β-amino-alcohol motifs (C(OH)–C–C–N with tert-alkyl or cyclic N) is 1. The van der Waals surface area contributed by atoms with E-state index in [0.29, 0.717) is 29.5 Å². The van der Waals surface area contributed by atoms with Gasteiger partial charge >= 0.3 is 0 Å². The predicted octanol–water partition coefficient (Wildman–Crippen LogP) is 0.781. The van der Waals surface area contributed by atoms with E-state index in [1.165, 1.54) is 0 Å². The van der Waals surface area contributed by atoms with Gasteiger partial charge < -0.3 is 20.3 Å². The average molecular weight is 310 g/mol. The zero-order valence-corrected chi connectivity index (χ0v) is 13.0. The van der Waals surface area contributed by atoms with Crippen LogP contribution in [-0.4, -0.2) is 60.1 Å². The van der Waals surface area contributed by atoms with Crippen molar-refractivity contribution in [3.63, 3.8) is 0 Å². The highest BCUT2D eigenvalue weighted by Gasteiger charge is 2.19. The van der Waals surface area contributed by atoms with Crippen molar-refractivity contribution in [1.82, 2.24) is 4.90 Å². The molecule has 1 saturated heterocycles. The minimum Gasteiger partial charge on any atom is -0.490 e. The second kappa shape index (κ2) is 7.70. The Bertz CT molecular complexity index is 484. The summed E-state index contributed by atoms with van der Waals surface area (Å²) in [4.78, 5) is 2.48. The number of aliphatic hydroxyl groups excluding tert-OH is 1. The van der Waals surface area contributed by atoms with Crippen molar-refractivity contribution in [2.45, 2.75) is 19.1 Å². The summed E-state index contributed by atoms with van der Waals surface area (Å²) in [5.74, 6) is 0.611. The molecule has 3 N–H and O–H groups in total. The molecule has 0 radical (unpaired) electrons. The first kappa shape index (κ1) is 16.2. The maximum absolute atomic E-state index is 10.1. The van der Waals surface area contributed by atoms with E-state index in [9.17, 15) is 5.11 Å². The van der Waals surface area contributed by atoms with Gasteiger partial charge in [-0.2, -0.15) is 0 Å². The van der Waals surface area contributed by atoms with Crippen molar-refractivity contribution >= 4 is 17.2 Å². The van der Waals surface area contributed by atoms with Crippen molar-refractivity contribution in [3.8, 4) is 5.75 Å². The molecular weight excluding hydrogens is 288 g/mol. The van der Waals surface area contributed by atoms with Gasteiger partial charge in [0, 0.05) is 19.6 Å². The number of nitrogens with two attached hydrogens (primary N) is 1. The maximum Gasteiger partial charge on any atom is 0.129 e. The SMILES string of the molecule is CC1CN(CC(O)COc2ccccc2C(N)=S)CCO1. The third-order valence-electron chi connectivity index (χ3n) is 3.38. The molecule has 0 spiro atoms. The van der Waals surface area contributed by atoms with E-state index in [1.54, 1.807) is 6.07 Å². The van der Waals surface area contributed by atoms with E-state index in [1.807, 2.05) is 25.1 Å². The van der Waals surface area contributed by atoms with Crippen LogP contribution in [0.4, 0.5) is 0 Å². The standard InChI is InChI=1S/C15H22N2O3S/c1-11-8-17(6-7-19-11)9-12(18)10-20-14-5-3-2-4-13(14)15(16)21/h2-5,11-12,18H,6-10H2,1H3,(H2,16,21). The number of hydrogen-bond donors (Lipinski definition) is 2.